The summed E-state index contributed by atoms with van der Waals surface area (Å²) in [5.41, 5.74) is 0. The lowest BCUT2D eigenvalue weighted by Crippen LogP contribution is -2.41. The van der Waals surface area contributed by atoms with Crippen molar-refractivity contribution in [1.29, 1.82) is 0 Å². The Morgan fingerprint density at radius 2 is 2.00 bits per heavy atom. The number of sulfonamides is 1. The summed E-state index contributed by atoms with van der Waals surface area (Å²) in [5, 5.41) is 9.07. The van der Waals surface area contributed by atoms with Crippen molar-refractivity contribution in [2.24, 2.45) is 5.92 Å². The van der Waals surface area contributed by atoms with Crippen molar-refractivity contribution in [3.05, 3.63) is 17.0 Å². The molecule has 2 N–H and O–H groups in total. The lowest BCUT2D eigenvalue weighted by Gasteiger charge is -2.15. The standard InChI is InChI=1S/C12H17NO6S2/c1-7(2)6-8(11(14)15)13-21(17,18)10-5-4-9(20-10)12(16)19-3/h4-5,7-8,13H,6H2,1-3H3,(H,14,15). The van der Waals surface area contributed by atoms with Crippen LogP contribution in [0.1, 0.15) is 29.9 Å². The largest absolute Gasteiger partial charge is 0.480 e. The third-order valence-corrected chi connectivity index (χ3v) is 5.56. The highest BCUT2D eigenvalue weighted by Crippen LogP contribution is 2.23. The Balaban J connectivity index is 2.97. The molecule has 1 aromatic rings. The second-order valence-electron chi connectivity index (χ2n) is 4.75. The van der Waals surface area contributed by atoms with Gasteiger partial charge in [-0.1, -0.05) is 13.8 Å². The van der Waals surface area contributed by atoms with E-state index < -0.39 is 28.0 Å². The molecule has 0 radical (unpaired) electrons. The molecule has 7 nitrogen and oxygen atoms in total. The molecule has 0 aromatic carbocycles. The first-order chi connectivity index (χ1) is 9.67. The van der Waals surface area contributed by atoms with E-state index in [9.17, 15) is 18.0 Å². The van der Waals surface area contributed by atoms with E-state index in [0.717, 1.165) is 11.3 Å². The van der Waals surface area contributed by atoms with Crippen molar-refractivity contribution in [1.82, 2.24) is 4.72 Å². The smallest absolute Gasteiger partial charge is 0.348 e. The van der Waals surface area contributed by atoms with Gasteiger partial charge in [0.25, 0.3) is 10.0 Å². The second kappa shape index (κ2) is 7.01. The van der Waals surface area contributed by atoms with E-state index >= 15 is 0 Å². The Bertz CT molecular complexity index is 619. The predicted octanol–water partition coefficient (Wildman–Crippen LogP) is 1.31. The van der Waals surface area contributed by atoms with Gasteiger partial charge in [-0.3, -0.25) is 4.79 Å². The van der Waals surface area contributed by atoms with Gasteiger partial charge in [-0.2, -0.15) is 4.72 Å². The maximum atomic E-state index is 12.1. The van der Waals surface area contributed by atoms with Gasteiger partial charge in [-0.25, -0.2) is 13.2 Å². The minimum absolute atomic E-state index is 0.0164. The molecule has 0 saturated heterocycles. The zero-order valence-electron chi connectivity index (χ0n) is 11.8. The van der Waals surface area contributed by atoms with Crippen LogP contribution >= 0.6 is 11.3 Å². The summed E-state index contributed by atoms with van der Waals surface area (Å²) < 4.78 is 30.8. The first-order valence-electron chi connectivity index (χ1n) is 6.10. The number of hydrogen-bond acceptors (Lipinski definition) is 6. The van der Waals surface area contributed by atoms with Gasteiger partial charge in [-0.15, -0.1) is 11.3 Å². The quantitative estimate of drug-likeness (QED) is 0.727. The Morgan fingerprint density at radius 3 is 2.48 bits per heavy atom. The highest BCUT2D eigenvalue weighted by atomic mass is 32.2. The molecule has 21 heavy (non-hydrogen) atoms. The number of carbonyl (C=O) groups excluding carboxylic acids is 1. The van der Waals surface area contributed by atoms with Crippen LogP contribution in [-0.2, 0) is 19.6 Å². The summed E-state index contributed by atoms with van der Waals surface area (Å²) in [6.07, 6.45) is 0.170. The SMILES string of the molecule is COC(=O)c1ccc(S(=O)(=O)NC(CC(C)C)C(=O)O)s1. The van der Waals surface area contributed by atoms with Gasteiger partial charge in [0.1, 0.15) is 15.1 Å². The summed E-state index contributed by atoms with van der Waals surface area (Å²) in [6.45, 7) is 3.59. The van der Waals surface area contributed by atoms with Crippen LogP contribution in [0.4, 0.5) is 0 Å². The zero-order valence-corrected chi connectivity index (χ0v) is 13.5. The summed E-state index contributed by atoms with van der Waals surface area (Å²) in [5.74, 6) is -1.86. The zero-order chi connectivity index (χ0) is 16.2. The number of carbonyl (C=O) groups is 2. The fraction of sp³-hybridized carbons (Fsp3) is 0.500. The van der Waals surface area contributed by atoms with Crippen molar-refractivity contribution in [2.45, 2.75) is 30.5 Å². The molecule has 0 aliphatic carbocycles. The molecular formula is C12H17NO6S2. The number of aliphatic carboxylic acids is 1. The average Bonchev–Trinajstić information content (AvgIpc) is 2.86. The van der Waals surface area contributed by atoms with Crippen LogP contribution in [0.5, 0.6) is 0 Å². The molecule has 1 heterocycles. The van der Waals surface area contributed by atoms with Crippen LogP contribution in [-0.4, -0.2) is 38.6 Å². The molecule has 0 aliphatic heterocycles. The van der Waals surface area contributed by atoms with Crippen LogP contribution in [0, 0.1) is 5.92 Å². The number of esters is 1. The molecule has 0 aliphatic rings. The summed E-state index contributed by atoms with van der Waals surface area (Å²) >= 11 is 0.727. The monoisotopic (exact) mass is 335 g/mol. The molecule has 0 bridgehead atoms. The number of thiophene rings is 1. The lowest BCUT2D eigenvalue weighted by atomic mass is 10.1. The van der Waals surface area contributed by atoms with Gasteiger partial charge in [0.05, 0.1) is 7.11 Å². The third kappa shape index (κ3) is 4.80. The van der Waals surface area contributed by atoms with Gasteiger partial charge in [0, 0.05) is 0 Å². The van der Waals surface area contributed by atoms with E-state index in [-0.39, 0.29) is 21.4 Å². The van der Waals surface area contributed by atoms with Crippen molar-refractivity contribution < 1.29 is 27.9 Å². The number of carboxylic acid groups (broad SMARTS) is 1. The Morgan fingerprint density at radius 1 is 1.38 bits per heavy atom. The van der Waals surface area contributed by atoms with Gasteiger partial charge in [0.2, 0.25) is 0 Å². The van der Waals surface area contributed by atoms with Crippen molar-refractivity contribution >= 4 is 33.3 Å². The fourth-order valence-electron chi connectivity index (χ4n) is 1.59. The number of methoxy groups -OCH3 is 1. The first-order valence-corrected chi connectivity index (χ1v) is 8.40. The molecule has 1 unspecified atom stereocenters. The summed E-state index contributed by atoms with van der Waals surface area (Å²) in [6, 6.07) is 1.36. The molecule has 0 spiro atoms. The van der Waals surface area contributed by atoms with E-state index in [1.165, 1.54) is 19.2 Å². The number of rotatable bonds is 7. The van der Waals surface area contributed by atoms with E-state index in [0.29, 0.717) is 0 Å². The summed E-state index contributed by atoms with van der Waals surface area (Å²) in [4.78, 5) is 22.5. The van der Waals surface area contributed by atoms with Crippen molar-refractivity contribution in [3.63, 3.8) is 0 Å². The van der Waals surface area contributed by atoms with Crippen LogP contribution in [0.3, 0.4) is 0 Å². The van der Waals surface area contributed by atoms with Crippen molar-refractivity contribution in [2.75, 3.05) is 7.11 Å². The molecule has 1 atom stereocenters. The minimum Gasteiger partial charge on any atom is -0.480 e. The Hall–Kier alpha value is -1.45. The van der Waals surface area contributed by atoms with E-state index in [1.54, 1.807) is 13.8 Å². The highest BCUT2D eigenvalue weighted by molar-refractivity contribution is 7.91. The van der Waals surface area contributed by atoms with Gasteiger partial charge < -0.3 is 9.84 Å². The average molecular weight is 335 g/mol. The Labute approximate surface area is 127 Å². The third-order valence-electron chi connectivity index (χ3n) is 2.54. The number of hydrogen-bond donors (Lipinski definition) is 2. The molecule has 0 fully saturated rings. The molecule has 9 heteroatoms. The van der Waals surface area contributed by atoms with E-state index in [1.807, 2.05) is 0 Å². The van der Waals surface area contributed by atoms with Gasteiger partial charge in [0.15, 0.2) is 0 Å². The number of carboxylic acids is 1. The topological polar surface area (TPSA) is 110 Å². The number of ether oxygens (including phenoxy) is 1. The predicted molar refractivity (Wildman–Crippen MR) is 76.9 cm³/mol. The summed E-state index contributed by atoms with van der Waals surface area (Å²) in [7, 11) is -2.80. The van der Waals surface area contributed by atoms with Crippen molar-refractivity contribution in [3.8, 4) is 0 Å². The number of nitrogens with one attached hydrogen (secondary N) is 1. The molecule has 118 valence electrons. The maximum absolute atomic E-state index is 12.1. The molecule has 0 saturated carbocycles. The fourth-order valence-corrected chi connectivity index (χ4v) is 4.03. The highest BCUT2D eigenvalue weighted by Gasteiger charge is 2.27. The molecule has 1 rings (SSSR count). The Kier molecular flexibility index (Phi) is 5.87. The van der Waals surface area contributed by atoms with Crippen LogP contribution < -0.4 is 4.72 Å². The molecular weight excluding hydrogens is 318 g/mol. The van der Waals surface area contributed by atoms with Crippen LogP contribution in [0.25, 0.3) is 0 Å². The second-order valence-corrected chi connectivity index (χ2v) is 7.78. The molecule has 0 amide bonds. The van der Waals surface area contributed by atoms with Gasteiger partial charge >= 0.3 is 11.9 Å². The van der Waals surface area contributed by atoms with E-state index in [2.05, 4.69) is 9.46 Å². The maximum Gasteiger partial charge on any atom is 0.348 e. The van der Waals surface area contributed by atoms with Gasteiger partial charge in [-0.05, 0) is 24.5 Å². The van der Waals surface area contributed by atoms with Crippen LogP contribution in [0.2, 0.25) is 0 Å². The van der Waals surface area contributed by atoms with Crippen LogP contribution in [0.15, 0.2) is 16.3 Å². The normalized spacial score (nSPS) is 13.1. The first kappa shape index (κ1) is 17.6. The molecule has 1 aromatic heterocycles. The lowest BCUT2D eigenvalue weighted by molar-refractivity contribution is -0.139. The minimum atomic E-state index is -3.99. The van der Waals surface area contributed by atoms with E-state index in [4.69, 9.17) is 5.11 Å².